The molecule has 4 heteroatoms. The van der Waals surface area contributed by atoms with Gasteiger partial charge >= 0.3 is 5.97 Å². The molecule has 1 aliphatic rings. The minimum atomic E-state index is -0.637. The van der Waals surface area contributed by atoms with Gasteiger partial charge in [0.2, 0.25) is 0 Å². The molecule has 0 radical (unpaired) electrons. The fourth-order valence-corrected chi connectivity index (χ4v) is 3.14. The van der Waals surface area contributed by atoms with Gasteiger partial charge in [0.25, 0.3) is 0 Å². The first-order valence-corrected chi connectivity index (χ1v) is 7.65. The highest BCUT2D eigenvalue weighted by Gasteiger charge is 2.36. The van der Waals surface area contributed by atoms with Crippen LogP contribution in [-0.4, -0.2) is 41.8 Å². The fraction of sp³-hybridized carbons (Fsp3) is 0.588. The predicted molar refractivity (Wildman–Crippen MR) is 82.0 cm³/mol. The second kappa shape index (κ2) is 7.05. The third-order valence-corrected chi connectivity index (χ3v) is 4.32. The largest absolute Gasteiger partial charge is 0.468 e. The third-order valence-electron chi connectivity index (χ3n) is 4.32. The van der Waals surface area contributed by atoms with E-state index in [1.165, 1.54) is 23.8 Å². The van der Waals surface area contributed by atoms with Crippen LogP contribution in [0.25, 0.3) is 0 Å². The number of aryl methyl sites for hydroxylation is 2. The van der Waals surface area contributed by atoms with Crippen LogP contribution in [0.15, 0.2) is 18.2 Å². The number of methoxy groups -OCH3 is 1. The van der Waals surface area contributed by atoms with Gasteiger partial charge in [-0.05, 0) is 49.4 Å². The lowest BCUT2D eigenvalue weighted by atomic mass is 9.97. The van der Waals surface area contributed by atoms with Crippen LogP contribution in [0.4, 0.5) is 0 Å². The number of esters is 1. The highest BCUT2D eigenvalue weighted by Crippen LogP contribution is 2.22. The maximum atomic E-state index is 11.9. The minimum Gasteiger partial charge on any atom is -0.468 e. The number of ether oxygens (including phenoxy) is 1. The monoisotopic (exact) mass is 291 g/mol. The zero-order valence-corrected chi connectivity index (χ0v) is 13.1. The molecule has 0 aliphatic carbocycles. The molecule has 1 saturated heterocycles. The molecule has 1 N–H and O–H groups in total. The molecule has 1 aliphatic heterocycles. The van der Waals surface area contributed by atoms with Crippen molar-refractivity contribution in [3.8, 4) is 0 Å². The summed E-state index contributed by atoms with van der Waals surface area (Å²) in [4.78, 5) is 13.9. The molecule has 1 aromatic carbocycles. The second-order valence-electron chi connectivity index (χ2n) is 5.76. The normalized spacial score (nSPS) is 23.0. The summed E-state index contributed by atoms with van der Waals surface area (Å²) in [6.07, 6.45) is 1.95. The first kappa shape index (κ1) is 16.0. The summed E-state index contributed by atoms with van der Waals surface area (Å²) in [5.74, 6) is -0.343. The van der Waals surface area contributed by atoms with E-state index in [1.54, 1.807) is 0 Å². The van der Waals surface area contributed by atoms with Crippen LogP contribution in [-0.2, 0) is 22.5 Å². The van der Waals surface area contributed by atoms with Crippen molar-refractivity contribution >= 4 is 5.97 Å². The Hall–Kier alpha value is -1.39. The topological polar surface area (TPSA) is 49.8 Å². The molecule has 116 valence electrons. The van der Waals surface area contributed by atoms with Crippen molar-refractivity contribution < 1.29 is 14.6 Å². The summed E-state index contributed by atoms with van der Waals surface area (Å²) in [6.45, 7) is 5.74. The van der Waals surface area contributed by atoms with Crippen molar-refractivity contribution in [2.45, 2.75) is 51.8 Å². The lowest BCUT2D eigenvalue weighted by Crippen LogP contribution is -2.52. The Bertz CT molecular complexity index is 501. The third kappa shape index (κ3) is 3.63. The number of aliphatic hydroxyl groups excluding tert-OH is 1. The van der Waals surface area contributed by atoms with Crippen molar-refractivity contribution in [3.05, 3.63) is 34.9 Å². The van der Waals surface area contributed by atoms with Crippen molar-refractivity contribution in [3.63, 3.8) is 0 Å². The number of hydrogen-bond acceptors (Lipinski definition) is 4. The zero-order chi connectivity index (χ0) is 15.4. The number of carbonyl (C=O) groups is 1. The van der Waals surface area contributed by atoms with Crippen molar-refractivity contribution in [2.24, 2.45) is 0 Å². The molecule has 1 heterocycles. The first-order valence-electron chi connectivity index (χ1n) is 7.65. The summed E-state index contributed by atoms with van der Waals surface area (Å²) in [6, 6.07) is 5.89. The molecule has 0 aromatic heterocycles. The van der Waals surface area contributed by atoms with Gasteiger partial charge in [0.15, 0.2) is 0 Å². The lowest BCUT2D eigenvalue weighted by Gasteiger charge is -2.37. The van der Waals surface area contributed by atoms with Gasteiger partial charge in [-0.25, -0.2) is 0 Å². The van der Waals surface area contributed by atoms with Crippen molar-refractivity contribution in [2.75, 3.05) is 13.7 Å². The molecule has 0 spiro atoms. The smallest absolute Gasteiger partial charge is 0.325 e. The van der Waals surface area contributed by atoms with Gasteiger partial charge < -0.3 is 9.84 Å². The highest BCUT2D eigenvalue weighted by molar-refractivity contribution is 5.76. The number of hydrogen-bond donors (Lipinski definition) is 1. The Morgan fingerprint density at radius 3 is 2.86 bits per heavy atom. The average Bonchev–Trinajstić information content (AvgIpc) is 2.47. The Kier molecular flexibility index (Phi) is 5.37. The lowest BCUT2D eigenvalue weighted by molar-refractivity contribution is -0.154. The Labute approximate surface area is 126 Å². The van der Waals surface area contributed by atoms with Gasteiger partial charge in [0, 0.05) is 6.54 Å². The van der Waals surface area contributed by atoms with E-state index in [1.807, 2.05) is 4.90 Å². The van der Waals surface area contributed by atoms with Gasteiger partial charge in [0.1, 0.15) is 6.04 Å². The van der Waals surface area contributed by atoms with Gasteiger partial charge in [-0.1, -0.05) is 25.1 Å². The molecule has 1 fully saturated rings. The number of aliphatic hydroxyl groups is 1. The summed E-state index contributed by atoms with van der Waals surface area (Å²) in [5.41, 5.74) is 3.80. The molecule has 2 atom stereocenters. The molecule has 21 heavy (non-hydrogen) atoms. The van der Waals surface area contributed by atoms with E-state index in [0.29, 0.717) is 13.0 Å². The Morgan fingerprint density at radius 1 is 1.48 bits per heavy atom. The molecule has 2 rings (SSSR count). The number of nitrogens with zero attached hydrogens (tertiary/aromatic N) is 1. The first-order chi connectivity index (χ1) is 10.1. The molecular weight excluding hydrogens is 266 g/mol. The van der Waals surface area contributed by atoms with E-state index in [2.05, 4.69) is 32.0 Å². The molecule has 0 amide bonds. The maximum absolute atomic E-state index is 11.9. The Balaban J connectivity index is 2.15. The molecule has 0 saturated carbocycles. The van der Waals surface area contributed by atoms with E-state index in [-0.39, 0.29) is 5.97 Å². The van der Waals surface area contributed by atoms with Crippen molar-refractivity contribution in [1.29, 1.82) is 0 Å². The number of likely N-dealkylation sites (tertiary alicyclic amines) is 1. The molecule has 0 unspecified atom stereocenters. The van der Waals surface area contributed by atoms with Crippen molar-refractivity contribution in [1.82, 2.24) is 4.90 Å². The van der Waals surface area contributed by atoms with Gasteiger partial charge in [0.05, 0.1) is 13.2 Å². The van der Waals surface area contributed by atoms with E-state index >= 15 is 0 Å². The van der Waals surface area contributed by atoms with Crippen LogP contribution in [0.5, 0.6) is 0 Å². The number of benzene rings is 1. The highest BCUT2D eigenvalue weighted by atomic mass is 16.5. The number of piperidine rings is 1. The average molecular weight is 291 g/mol. The summed E-state index contributed by atoms with van der Waals surface area (Å²) in [7, 11) is 1.38. The van der Waals surface area contributed by atoms with E-state index < -0.39 is 12.1 Å². The van der Waals surface area contributed by atoms with E-state index in [9.17, 15) is 9.90 Å². The number of carbonyl (C=O) groups excluding carboxylic acids is 1. The van der Waals surface area contributed by atoms with E-state index in [4.69, 9.17) is 4.74 Å². The second-order valence-corrected chi connectivity index (χ2v) is 5.76. The van der Waals surface area contributed by atoms with E-state index in [0.717, 1.165) is 19.4 Å². The minimum absolute atomic E-state index is 0.343. The molecule has 4 nitrogen and oxygen atoms in total. The SMILES string of the molecule is CCc1ccc(CN2CCC[C@H](O)[C@@H]2C(=O)OC)cc1C. The summed E-state index contributed by atoms with van der Waals surface area (Å²) in [5, 5.41) is 10.1. The fourth-order valence-electron chi connectivity index (χ4n) is 3.14. The van der Waals surface area contributed by atoms with Crippen LogP contribution < -0.4 is 0 Å². The van der Waals surface area contributed by atoms with Gasteiger partial charge in [-0.2, -0.15) is 0 Å². The van der Waals surface area contributed by atoms with Crippen LogP contribution in [0.3, 0.4) is 0 Å². The Morgan fingerprint density at radius 2 is 2.24 bits per heavy atom. The molecule has 1 aromatic rings. The predicted octanol–water partition coefficient (Wildman–Crippen LogP) is 2.06. The summed E-state index contributed by atoms with van der Waals surface area (Å²) >= 11 is 0. The standard InChI is InChI=1S/C17H25NO3/c1-4-14-8-7-13(10-12(14)2)11-18-9-5-6-15(19)16(18)17(20)21-3/h7-8,10,15-16,19H,4-6,9,11H2,1-3H3/t15-,16+/m0/s1. The van der Waals surface area contributed by atoms with Crippen LogP contribution in [0.1, 0.15) is 36.5 Å². The molecule has 0 bridgehead atoms. The number of rotatable bonds is 4. The molecular formula is C17H25NO3. The quantitative estimate of drug-likeness (QED) is 0.863. The van der Waals surface area contributed by atoms with Gasteiger partial charge in [-0.3, -0.25) is 9.69 Å². The maximum Gasteiger partial charge on any atom is 0.325 e. The zero-order valence-electron chi connectivity index (χ0n) is 13.1. The van der Waals surface area contributed by atoms with Crippen LogP contribution in [0.2, 0.25) is 0 Å². The van der Waals surface area contributed by atoms with Crippen LogP contribution >= 0.6 is 0 Å². The van der Waals surface area contributed by atoms with Gasteiger partial charge in [-0.15, -0.1) is 0 Å². The van der Waals surface area contributed by atoms with Crippen LogP contribution in [0, 0.1) is 6.92 Å². The summed E-state index contributed by atoms with van der Waals surface area (Å²) < 4.78 is 4.85.